The Morgan fingerprint density at radius 2 is 1.92 bits per heavy atom. The fraction of sp³-hybridized carbons (Fsp3) is 0.300. The largest absolute Gasteiger partial charge is 0.287 e. The molecular weight excluding hydrogens is 168 g/mol. The van der Waals surface area contributed by atoms with E-state index in [2.05, 4.69) is 0 Å². The van der Waals surface area contributed by atoms with Crippen LogP contribution in [0.2, 0.25) is 0 Å². The molecule has 0 heterocycles. The Hall–Kier alpha value is -0.760. The van der Waals surface area contributed by atoms with Crippen molar-refractivity contribution in [3.05, 3.63) is 35.4 Å². The number of thioether (sulfide) groups is 1. The molecule has 12 heavy (non-hydrogen) atoms. The van der Waals surface area contributed by atoms with Crippen molar-refractivity contribution < 1.29 is 4.79 Å². The lowest BCUT2D eigenvalue weighted by molar-refractivity contribution is -0.110. The number of rotatable bonds is 2. The minimum atomic E-state index is 0.221. The van der Waals surface area contributed by atoms with Crippen LogP contribution in [0.5, 0.6) is 0 Å². The SMILES string of the molecule is CSC(=O)Cc1ccc(C)cc1. The first-order valence-electron chi connectivity index (χ1n) is 3.84. The van der Waals surface area contributed by atoms with E-state index in [-0.39, 0.29) is 5.12 Å². The van der Waals surface area contributed by atoms with Crippen molar-refractivity contribution in [1.82, 2.24) is 0 Å². The van der Waals surface area contributed by atoms with Crippen molar-refractivity contribution >= 4 is 16.9 Å². The van der Waals surface area contributed by atoms with Gasteiger partial charge in [-0.3, -0.25) is 4.79 Å². The highest BCUT2D eigenvalue weighted by Crippen LogP contribution is 2.07. The molecule has 0 amide bonds. The van der Waals surface area contributed by atoms with E-state index >= 15 is 0 Å². The van der Waals surface area contributed by atoms with Gasteiger partial charge in [-0.1, -0.05) is 41.6 Å². The molecule has 0 fully saturated rings. The van der Waals surface area contributed by atoms with E-state index in [1.807, 2.05) is 37.4 Å². The summed E-state index contributed by atoms with van der Waals surface area (Å²) in [4.78, 5) is 11.0. The Morgan fingerprint density at radius 3 is 2.42 bits per heavy atom. The number of benzene rings is 1. The van der Waals surface area contributed by atoms with E-state index in [9.17, 15) is 4.79 Å². The minimum absolute atomic E-state index is 0.221. The molecule has 0 unspecified atom stereocenters. The van der Waals surface area contributed by atoms with Crippen molar-refractivity contribution in [2.24, 2.45) is 0 Å². The second-order valence-corrected chi connectivity index (χ2v) is 3.60. The van der Waals surface area contributed by atoms with Crippen LogP contribution in [0.25, 0.3) is 0 Å². The number of carbonyl (C=O) groups excluding carboxylic acids is 1. The van der Waals surface area contributed by atoms with Crippen LogP contribution in [0.15, 0.2) is 24.3 Å². The van der Waals surface area contributed by atoms with Crippen LogP contribution in [-0.4, -0.2) is 11.4 Å². The van der Waals surface area contributed by atoms with Crippen molar-refractivity contribution in [3.8, 4) is 0 Å². The molecule has 1 aromatic carbocycles. The van der Waals surface area contributed by atoms with Gasteiger partial charge in [-0.2, -0.15) is 0 Å². The molecule has 0 aromatic heterocycles. The van der Waals surface area contributed by atoms with E-state index in [1.54, 1.807) is 0 Å². The molecule has 0 N–H and O–H groups in total. The summed E-state index contributed by atoms with van der Waals surface area (Å²) in [5.74, 6) is 0. The molecular formula is C10H12OS. The van der Waals surface area contributed by atoms with Gasteiger partial charge in [-0.25, -0.2) is 0 Å². The first-order chi connectivity index (χ1) is 5.72. The van der Waals surface area contributed by atoms with Crippen LogP contribution in [0.1, 0.15) is 11.1 Å². The summed E-state index contributed by atoms with van der Waals surface area (Å²) >= 11 is 1.28. The maximum absolute atomic E-state index is 11.0. The fourth-order valence-electron chi connectivity index (χ4n) is 0.945. The van der Waals surface area contributed by atoms with Crippen LogP contribution in [0, 0.1) is 6.92 Å². The fourth-order valence-corrected chi connectivity index (χ4v) is 1.26. The van der Waals surface area contributed by atoms with Gasteiger partial charge >= 0.3 is 0 Å². The maximum atomic E-state index is 11.0. The molecule has 1 nitrogen and oxygen atoms in total. The van der Waals surface area contributed by atoms with Crippen molar-refractivity contribution in [2.45, 2.75) is 13.3 Å². The molecule has 64 valence electrons. The van der Waals surface area contributed by atoms with Gasteiger partial charge in [0.1, 0.15) is 0 Å². The maximum Gasteiger partial charge on any atom is 0.193 e. The number of aryl methyl sites for hydroxylation is 1. The minimum Gasteiger partial charge on any atom is -0.287 e. The smallest absolute Gasteiger partial charge is 0.193 e. The van der Waals surface area contributed by atoms with Gasteiger partial charge in [-0.15, -0.1) is 0 Å². The van der Waals surface area contributed by atoms with Gasteiger partial charge in [0.2, 0.25) is 0 Å². The van der Waals surface area contributed by atoms with Crippen molar-refractivity contribution in [2.75, 3.05) is 6.26 Å². The highest BCUT2D eigenvalue weighted by Gasteiger charge is 1.99. The zero-order valence-corrected chi connectivity index (χ0v) is 8.15. The van der Waals surface area contributed by atoms with E-state index in [0.717, 1.165) is 5.56 Å². The number of carbonyl (C=O) groups is 1. The van der Waals surface area contributed by atoms with Crippen LogP contribution < -0.4 is 0 Å². The summed E-state index contributed by atoms with van der Waals surface area (Å²) in [5.41, 5.74) is 2.33. The Morgan fingerprint density at radius 1 is 1.33 bits per heavy atom. The van der Waals surface area contributed by atoms with Gasteiger partial charge in [-0.05, 0) is 18.7 Å². The van der Waals surface area contributed by atoms with Gasteiger partial charge < -0.3 is 0 Å². The third kappa shape index (κ3) is 2.70. The van der Waals surface area contributed by atoms with Crippen LogP contribution in [0.3, 0.4) is 0 Å². The molecule has 0 saturated heterocycles. The molecule has 1 aromatic rings. The average molecular weight is 180 g/mol. The number of hydrogen-bond acceptors (Lipinski definition) is 2. The molecule has 2 heteroatoms. The normalized spacial score (nSPS) is 9.83. The quantitative estimate of drug-likeness (QED) is 0.695. The van der Waals surface area contributed by atoms with E-state index in [0.29, 0.717) is 6.42 Å². The van der Waals surface area contributed by atoms with E-state index in [4.69, 9.17) is 0 Å². The number of hydrogen-bond donors (Lipinski definition) is 0. The lowest BCUT2D eigenvalue weighted by atomic mass is 10.1. The molecule has 0 aliphatic heterocycles. The predicted molar refractivity (Wildman–Crippen MR) is 53.4 cm³/mol. The Kier molecular flexibility index (Phi) is 3.35. The molecule has 0 bridgehead atoms. The molecule has 0 aliphatic carbocycles. The monoisotopic (exact) mass is 180 g/mol. The lowest BCUT2D eigenvalue weighted by Crippen LogP contribution is -1.95. The van der Waals surface area contributed by atoms with Gasteiger partial charge in [0, 0.05) is 6.42 Å². The summed E-state index contributed by atoms with van der Waals surface area (Å²) in [5, 5.41) is 0.221. The molecule has 1 rings (SSSR count). The summed E-state index contributed by atoms with van der Waals surface area (Å²) in [6.45, 7) is 2.04. The van der Waals surface area contributed by atoms with Gasteiger partial charge in [0.05, 0.1) is 0 Å². The summed E-state index contributed by atoms with van der Waals surface area (Å²) in [6.07, 6.45) is 2.36. The summed E-state index contributed by atoms with van der Waals surface area (Å²) in [6, 6.07) is 8.07. The van der Waals surface area contributed by atoms with E-state index in [1.165, 1.54) is 17.3 Å². The highest BCUT2D eigenvalue weighted by molar-refractivity contribution is 8.13. The van der Waals surface area contributed by atoms with Crippen LogP contribution >= 0.6 is 11.8 Å². The Bertz CT molecular complexity index is 264. The molecule has 0 aliphatic rings. The van der Waals surface area contributed by atoms with E-state index < -0.39 is 0 Å². The topological polar surface area (TPSA) is 17.1 Å². The molecule has 0 atom stereocenters. The second-order valence-electron chi connectivity index (χ2n) is 2.74. The van der Waals surface area contributed by atoms with Crippen molar-refractivity contribution in [3.63, 3.8) is 0 Å². The summed E-state index contributed by atoms with van der Waals surface area (Å²) < 4.78 is 0. The van der Waals surface area contributed by atoms with Gasteiger partial charge in [0.25, 0.3) is 0 Å². The first-order valence-corrected chi connectivity index (χ1v) is 5.07. The third-order valence-electron chi connectivity index (χ3n) is 1.70. The summed E-state index contributed by atoms with van der Waals surface area (Å²) in [7, 11) is 0. The van der Waals surface area contributed by atoms with Crippen molar-refractivity contribution in [1.29, 1.82) is 0 Å². The predicted octanol–water partition coefficient (Wildman–Crippen LogP) is 2.43. The second kappa shape index (κ2) is 4.31. The van der Waals surface area contributed by atoms with Crippen LogP contribution in [0.4, 0.5) is 0 Å². The third-order valence-corrected chi connectivity index (χ3v) is 2.30. The molecule has 0 spiro atoms. The first kappa shape index (κ1) is 9.33. The highest BCUT2D eigenvalue weighted by atomic mass is 32.2. The van der Waals surface area contributed by atoms with Gasteiger partial charge in [0.15, 0.2) is 5.12 Å². The zero-order chi connectivity index (χ0) is 8.97. The Balaban J connectivity index is 2.64. The zero-order valence-electron chi connectivity index (χ0n) is 7.33. The standard InChI is InChI=1S/C10H12OS/c1-8-3-5-9(6-4-8)7-10(11)12-2/h3-6H,7H2,1-2H3. The van der Waals surface area contributed by atoms with Crippen LogP contribution in [-0.2, 0) is 11.2 Å². The average Bonchev–Trinajstić information content (AvgIpc) is 2.09. The lowest BCUT2D eigenvalue weighted by Gasteiger charge is -1.98. The Labute approximate surface area is 77.2 Å². The molecule has 0 radical (unpaired) electrons. The molecule has 0 saturated carbocycles.